The lowest BCUT2D eigenvalue weighted by Gasteiger charge is -2.01. The zero-order chi connectivity index (χ0) is 10.3. The molecule has 74 valence electrons. The Labute approximate surface area is 84.2 Å². The van der Waals surface area contributed by atoms with E-state index in [2.05, 4.69) is 10.1 Å². The summed E-state index contributed by atoms with van der Waals surface area (Å²) in [5, 5.41) is 4.56. The summed E-state index contributed by atoms with van der Waals surface area (Å²) in [6.07, 6.45) is 0. The molecule has 14 heavy (non-hydrogen) atoms. The van der Waals surface area contributed by atoms with Gasteiger partial charge in [0.05, 0.1) is 10.4 Å². The van der Waals surface area contributed by atoms with Crippen molar-refractivity contribution in [2.24, 2.45) is 0 Å². The van der Waals surface area contributed by atoms with Crippen LogP contribution >= 0.6 is 11.3 Å². The molecule has 0 atom stereocenters. The number of nitrogens with zero attached hydrogens (tertiary/aromatic N) is 3. The topological polar surface area (TPSA) is 73.8 Å². The number of anilines is 1. The predicted octanol–water partition coefficient (Wildman–Crippen LogP) is 0.764. The number of nitrogens with two attached hydrogens (primary N) is 1. The molecular formula is C8H10N4OS. The van der Waals surface area contributed by atoms with Crippen molar-refractivity contribution >= 4 is 26.7 Å². The minimum Gasteiger partial charge on any atom is -0.375 e. The average Bonchev–Trinajstić information content (AvgIpc) is 2.54. The number of aryl methyl sites for hydroxylation is 2. The van der Waals surface area contributed by atoms with Crippen molar-refractivity contribution < 1.29 is 0 Å². The van der Waals surface area contributed by atoms with E-state index in [-0.39, 0.29) is 5.56 Å². The molecule has 2 rings (SSSR count). The van der Waals surface area contributed by atoms with E-state index in [1.165, 1.54) is 16.0 Å². The number of hydrogen-bond donors (Lipinski definition) is 1. The molecule has 0 aliphatic heterocycles. The van der Waals surface area contributed by atoms with Crippen molar-refractivity contribution in [2.75, 3.05) is 5.73 Å². The number of thiazole rings is 1. The van der Waals surface area contributed by atoms with Crippen LogP contribution in [0.25, 0.3) is 10.2 Å². The quantitative estimate of drug-likeness (QED) is 0.754. The second kappa shape index (κ2) is 3.06. The molecule has 0 bridgehead atoms. The number of hydrogen-bond acceptors (Lipinski definition) is 5. The highest BCUT2D eigenvalue weighted by molar-refractivity contribution is 7.22. The molecule has 2 aromatic rings. The van der Waals surface area contributed by atoms with Gasteiger partial charge in [0.2, 0.25) is 0 Å². The zero-order valence-corrected chi connectivity index (χ0v) is 8.76. The number of nitrogen functional groups attached to an aromatic ring is 1. The highest BCUT2D eigenvalue weighted by atomic mass is 32.1. The van der Waals surface area contributed by atoms with Gasteiger partial charge >= 0.3 is 0 Å². The van der Waals surface area contributed by atoms with Gasteiger partial charge in [-0.1, -0.05) is 11.3 Å². The Morgan fingerprint density at radius 1 is 1.57 bits per heavy atom. The highest BCUT2D eigenvalue weighted by Gasteiger charge is 2.11. The van der Waals surface area contributed by atoms with Crippen LogP contribution in [0, 0.1) is 6.92 Å². The molecule has 2 aromatic heterocycles. The van der Waals surface area contributed by atoms with Crippen LogP contribution in [0.3, 0.4) is 0 Å². The highest BCUT2D eigenvalue weighted by Crippen LogP contribution is 2.22. The molecule has 0 spiro atoms. The van der Waals surface area contributed by atoms with Crippen LogP contribution in [0.2, 0.25) is 0 Å². The fourth-order valence-electron chi connectivity index (χ4n) is 1.34. The first-order valence-corrected chi connectivity index (χ1v) is 5.09. The van der Waals surface area contributed by atoms with Gasteiger partial charge in [-0.25, -0.2) is 9.67 Å². The lowest BCUT2D eigenvalue weighted by molar-refractivity contribution is 0.614. The fourth-order valence-corrected chi connectivity index (χ4v) is 2.10. The Hall–Kier alpha value is -1.43. The van der Waals surface area contributed by atoms with Crippen LogP contribution < -0.4 is 11.3 Å². The monoisotopic (exact) mass is 210 g/mol. The summed E-state index contributed by atoms with van der Waals surface area (Å²) in [7, 11) is 0. The van der Waals surface area contributed by atoms with E-state index in [1.807, 2.05) is 13.8 Å². The van der Waals surface area contributed by atoms with Crippen LogP contribution in [0.4, 0.5) is 5.13 Å². The molecule has 0 unspecified atom stereocenters. The number of rotatable bonds is 1. The maximum atomic E-state index is 11.7. The standard InChI is InChI=1S/C8H10N4OS/c1-3-12-7(13)5-6(4(2)11-12)14-8(9)10-5/h3H2,1-2H3,(H2,9,10). The van der Waals surface area contributed by atoms with Gasteiger partial charge in [-0.2, -0.15) is 5.10 Å². The number of aromatic nitrogens is 3. The van der Waals surface area contributed by atoms with Gasteiger partial charge in [0.25, 0.3) is 5.56 Å². The second-order valence-electron chi connectivity index (χ2n) is 2.94. The maximum absolute atomic E-state index is 11.7. The normalized spacial score (nSPS) is 11.0. The van der Waals surface area contributed by atoms with E-state index in [9.17, 15) is 4.79 Å². The fraction of sp³-hybridized carbons (Fsp3) is 0.375. The lowest BCUT2D eigenvalue weighted by Crippen LogP contribution is -2.22. The Morgan fingerprint density at radius 2 is 2.29 bits per heavy atom. The van der Waals surface area contributed by atoms with Gasteiger partial charge in [-0.15, -0.1) is 0 Å². The summed E-state index contributed by atoms with van der Waals surface area (Å²) >= 11 is 1.30. The molecule has 5 nitrogen and oxygen atoms in total. The van der Waals surface area contributed by atoms with Crippen molar-refractivity contribution in [2.45, 2.75) is 20.4 Å². The molecule has 0 saturated heterocycles. The Morgan fingerprint density at radius 3 is 2.93 bits per heavy atom. The molecule has 0 aliphatic carbocycles. The van der Waals surface area contributed by atoms with Crippen LogP contribution in [-0.4, -0.2) is 14.8 Å². The summed E-state index contributed by atoms with van der Waals surface area (Å²) < 4.78 is 2.19. The van der Waals surface area contributed by atoms with Gasteiger partial charge < -0.3 is 5.73 Å². The first kappa shape index (κ1) is 9.14. The summed E-state index contributed by atoms with van der Waals surface area (Å²) in [6, 6.07) is 0. The van der Waals surface area contributed by atoms with Crippen LogP contribution in [0.5, 0.6) is 0 Å². The van der Waals surface area contributed by atoms with E-state index in [0.29, 0.717) is 17.2 Å². The third-order valence-electron chi connectivity index (χ3n) is 1.98. The van der Waals surface area contributed by atoms with Crippen LogP contribution in [-0.2, 0) is 6.54 Å². The van der Waals surface area contributed by atoms with Crippen molar-refractivity contribution in [3.05, 3.63) is 16.0 Å². The largest absolute Gasteiger partial charge is 0.375 e. The smallest absolute Gasteiger partial charge is 0.294 e. The van der Waals surface area contributed by atoms with Crippen molar-refractivity contribution in [3.63, 3.8) is 0 Å². The second-order valence-corrected chi connectivity index (χ2v) is 3.97. The Bertz CT molecular complexity index is 542. The third kappa shape index (κ3) is 1.19. The lowest BCUT2D eigenvalue weighted by atomic mass is 10.4. The van der Waals surface area contributed by atoms with Crippen LogP contribution in [0.15, 0.2) is 4.79 Å². The number of fused-ring (bicyclic) bond motifs is 1. The minimum absolute atomic E-state index is 0.166. The first-order valence-electron chi connectivity index (χ1n) is 4.27. The Kier molecular flexibility index (Phi) is 1.99. The Balaban J connectivity index is 2.94. The van der Waals surface area contributed by atoms with Crippen molar-refractivity contribution in [1.29, 1.82) is 0 Å². The SMILES string of the molecule is CCn1nc(C)c2sc(N)nc2c1=O. The summed E-state index contributed by atoms with van der Waals surface area (Å²) in [5.41, 5.74) is 6.62. The first-order chi connectivity index (χ1) is 6.63. The molecule has 0 aliphatic rings. The van der Waals surface area contributed by atoms with E-state index in [0.717, 1.165) is 10.4 Å². The van der Waals surface area contributed by atoms with Crippen LogP contribution in [0.1, 0.15) is 12.6 Å². The van der Waals surface area contributed by atoms with E-state index >= 15 is 0 Å². The molecule has 0 aromatic carbocycles. The van der Waals surface area contributed by atoms with E-state index in [1.54, 1.807) is 0 Å². The minimum atomic E-state index is -0.166. The molecule has 2 N–H and O–H groups in total. The molecule has 0 amide bonds. The van der Waals surface area contributed by atoms with Gasteiger partial charge in [0.15, 0.2) is 10.6 Å². The molecule has 2 heterocycles. The molecule has 0 radical (unpaired) electrons. The summed E-state index contributed by atoms with van der Waals surface area (Å²) in [5.74, 6) is 0. The van der Waals surface area contributed by atoms with E-state index < -0.39 is 0 Å². The molecule has 6 heteroatoms. The van der Waals surface area contributed by atoms with E-state index in [4.69, 9.17) is 5.73 Å². The van der Waals surface area contributed by atoms with Crippen molar-refractivity contribution in [1.82, 2.24) is 14.8 Å². The summed E-state index contributed by atoms with van der Waals surface area (Å²) in [6.45, 7) is 4.27. The zero-order valence-electron chi connectivity index (χ0n) is 7.94. The summed E-state index contributed by atoms with van der Waals surface area (Å²) in [4.78, 5) is 15.7. The molecule has 0 saturated carbocycles. The molecular weight excluding hydrogens is 200 g/mol. The average molecular weight is 210 g/mol. The molecule has 0 fully saturated rings. The van der Waals surface area contributed by atoms with Gasteiger partial charge in [0.1, 0.15) is 0 Å². The van der Waals surface area contributed by atoms with Gasteiger partial charge in [-0.05, 0) is 13.8 Å². The van der Waals surface area contributed by atoms with Crippen molar-refractivity contribution in [3.8, 4) is 0 Å². The predicted molar refractivity (Wildman–Crippen MR) is 56.5 cm³/mol. The maximum Gasteiger partial charge on any atom is 0.294 e. The van der Waals surface area contributed by atoms with Gasteiger partial charge in [-0.3, -0.25) is 4.79 Å². The van der Waals surface area contributed by atoms with Gasteiger partial charge in [0, 0.05) is 6.54 Å². The third-order valence-corrected chi connectivity index (χ3v) is 2.97.